The van der Waals surface area contributed by atoms with Crippen molar-refractivity contribution in [2.24, 2.45) is 0 Å². The molecular weight excluding hydrogens is 374 g/mol. The molecule has 0 radical (unpaired) electrons. The molecule has 0 unspecified atom stereocenters. The molecule has 1 aliphatic rings. The number of benzene rings is 1. The predicted octanol–water partition coefficient (Wildman–Crippen LogP) is 5.05. The highest BCUT2D eigenvalue weighted by atomic mass is 32.1. The van der Waals surface area contributed by atoms with E-state index in [1.807, 2.05) is 47.0 Å². The van der Waals surface area contributed by atoms with E-state index < -0.39 is 0 Å². The molecule has 3 aromatic heterocycles. The summed E-state index contributed by atoms with van der Waals surface area (Å²) in [7, 11) is 0. The summed E-state index contributed by atoms with van der Waals surface area (Å²) in [5.41, 5.74) is 1.98. The van der Waals surface area contributed by atoms with Crippen molar-refractivity contribution >= 4 is 32.9 Å². The minimum atomic E-state index is -0.0398. The SMILES string of the molecule is O=c1[nH]c(CN2CCC[C@H]2c2cccs2)nc2scc(-c3ccccc3)c12. The molecule has 1 N–H and O–H groups in total. The lowest BCUT2D eigenvalue weighted by atomic mass is 10.1. The predicted molar refractivity (Wildman–Crippen MR) is 112 cm³/mol. The van der Waals surface area contributed by atoms with Crippen molar-refractivity contribution in [3.05, 3.63) is 74.3 Å². The molecule has 4 aromatic rings. The van der Waals surface area contributed by atoms with E-state index in [0.29, 0.717) is 18.0 Å². The maximum atomic E-state index is 12.8. The topological polar surface area (TPSA) is 49.0 Å². The van der Waals surface area contributed by atoms with Crippen LogP contribution < -0.4 is 5.56 Å². The van der Waals surface area contributed by atoms with E-state index in [1.54, 1.807) is 11.3 Å². The largest absolute Gasteiger partial charge is 0.309 e. The number of hydrogen-bond donors (Lipinski definition) is 1. The quantitative estimate of drug-likeness (QED) is 0.528. The third kappa shape index (κ3) is 3.14. The molecule has 1 saturated heterocycles. The number of aromatic amines is 1. The zero-order valence-corrected chi connectivity index (χ0v) is 16.4. The van der Waals surface area contributed by atoms with Crippen LogP contribution in [0.15, 0.2) is 58.0 Å². The van der Waals surface area contributed by atoms with Crippen molar-refractivity contribution < 1.29 is 0 Å². The smallest absolute Gasteiger partial charge is 0.260 e. The van der Waals surface area contributed by atoms with Gasteiger partial charge in [0.1, 0.15) is 10.7 Å². The standard InChI is InChI=1S/C21H19N3OS2/c25-20-19-15(14-6-2-1-3-7-14)13-27-21(19)23-18(22-20)12-24-10-4-8-16(24)17-9-5-11-26-17/h1-3,5-7,9,11,13,16H,4,8,10,12H2,(H,22,23,25)/t16-/m0/s1. The van der Waals surface area contributed by atoms with Gasteiger partial charge in [-0.25, -0.2) is 4.98 Å². The first-order valence-corrected chi connectivity index (χ1v) is 10.9. The van der Waals surface area contributed by atoms with Gasteiger partial charge in [-0.1, -0.05) is 36.4 Å². The van der Waals surface area contributed by atoms with Crippen LogP contribution in [0.2, 0.25) is 0 Å². The number of likely N-dealkylation sites (tertiary alicyclic amines) is 1. The van der Waals surface area contributed by atoms with Gasteiger partial charge in [0.2, 0.25) is 0 Å². The first-order chi connectivity index (χ1) is 13.3. The van der Waals surface area contributed by atoms with Crippen LogP contribution in [0.1, 0.15) is 29.6 Å². The molecule has 0 spiro atoms. The Hall–Kier alpha value is -2.28. The first-order valence-electron chi connectivity index (χ1n) is 9.13. The number of thiophene rings is 2. The van der Waals surface area contributed by atoms with Crippen LogP contribution in [-0.4, -0.2) is 21.4 Å². The van der Waals surface area contributed by atoms with E-state index >= 15 is 0 Å². The fraction of sp³-hybridized carbons (Fsp3) is 0.238. The summed E-state index contributed by atoms with van der Waals surface area (Å²) >= 11 is 3.36. The molecule has 1 aromatic carbocycles. The average molecular weight is 394 g/mol. The van der Waals surface area contributed by atoms with Crippen LogP contribution in [0, 0.1) is 0 Å². The lowest BCUT2D eigenvalue weighted by Gasteiger charge is -2.22. The lowest BCUT2D eigenvalue weighted by molar-refractivity contribution is 0.245. The summed E-state index contributed by atoms with van der Waals surface area (Å²) in [6.45, 7) is 1.73. The maximum absolute atomic E-state index is 12.8. The van der Waals surface area contributed by atoms with Crippen LogP contribution >= 0.6 is 22.7 Å². The molecule has 1 aliphatic heterocycles. The summed E-state index contributed by atoms with van der Waals surface area (Å²) in [4.78, 5) is 25.3. The third-order valence-corrected chi connectivity index (χ3v) is 7.01. The van der Waals surface area contributed by atoms with E-state index in [2.05, 4.69) is 27.4 Å². The molecule has 4 nitrogen and oxygen atoms in total. The van der Waals surface area contributed by atoms with Crippen molar-refractivity contribution in [3.63, 3.8) is 0 Å². The molecule has 1 atom stereocenters. The first kappa shape index (κ1) is 16.9. The van der Waals surface area contributed by atoms with Crippen LogP contribution in [0.3, 0.4) is 0 Å². The normalized spacial score (nSPS) is 17.7. The van der Waals surface area contributed by atoms with E-state index in [4.69, 9.17) is 4.98 Å². The van der Waals surface area contributed by atoms with Gasteiger partial charge in [-0.3, -0.25) is 9.69 Å². The highest BCUT2D eigenvalue weighted by Gasteiger charge is 2.27. The molecular formula is C21H19N3OS2. The van der Waals surface area contributed by atoms with Crippen LogP contribution in [0.4, 0.5) is 0 Å². The van der Waals surface area contributed by atoms with Gasteiger partial charge in [0, 0.05) is 21.9 Å². The van der Waals surface area contributed by atoms with Gasteiger partial charge in [0.15, 0.2) is 0 Å². The second-order valence-electron chi connectivity index (χ2n) is 6.85. The summed E-state index contributed by atoms with van der Waals surface area (Å²) in [5.74, 6) is 0.761. The molecule has 1 fully saturated rings. The molecule has 0 saturated carbocycles. The molecule has 0 aliphatic carbocycles. The lowest BCUT2D eigenvalue weighted by Crippen LogP contribution is -2.25. The minimum absolute atomic E-state index is 0.0398. The van der Waals surface area contributed by atoms with Gasteiger partial charge in [0.05, 0.1) is 11.9 Å². The number of H-pyrrole nitrogens is 1. The minimum Gasteiger partial charge on any atom is -0.309 e. The molecule has 5 rings (SSSR count). The van der Waals surface area contributed by atoms with Gasteiger partial charge in [-0.2, -0.15) is 0 Å². The van der Waals surface area contributed by atoms with Gasteiger partial charge < -0.3 is 4.98 Å². The van der Waals surface area contributed by atoms with Gasteiger partial charge in [-0.15, -0.1) is 22.7 Å². The molecule has 27 heavy (non-hydrogen) atoms. The van der Waals surface area contributed by atoms with Crippen LogP contribution in [-0.2, 0) is 6.54 Å². The van der Waals surface area contributed by atoms with E-state index in [-0.39, 0.29) is 5.56 Å². The molecule has 0 bridgehead atoms. The van der Waals surface area contributed by atoms with Gasteiger partial charge in [-0.05, 0) is 36.4 Å². The van der Waals surface area contributed by atoms with Crippen molar-refractivity contribution in [1.82, 2.24) is 14.9 Å². The maximum Gasteiger partial charge on any atom is 0.260 e. The fourth-order valence-corrected chi connectivity index (χ4v) is 5.77. The Morgan fingerprint density at radius 2 is 2.04 bits per heavy atom. The summed E-state index contributed by atoms with van der Waals surface area (Å²) in [6.07, 6.45) is 2.36. The Kier molecular flexibility index (Phi) is 4.39. The van der Waals surface area contributed by atoms with Crippen molar-refractivity contribution in [3.8, 4) is 11.1 Å². The van der Waals surface area contributed by atoms with Gasteiger partial charge >= 0.3 is 0 Å². The number of aromatic nitrogens is 2. The Labute approximate surface area is 165 Å². The molecule has 6 heteroatoms. The van der Waals surface area contributed by atoms with Crippen molar-refractivity contribution in [2.45, 2.75) is 25.4 Å². The number of nitrogens with zero attached hydrogens (tertiary/aromatic N) is 2. The Morgan fingerprint density at radius 1 is 1.15 bits per heavy atom. The zero-order valence-electron chi connectivity index (χ0n) is 14.7. The number of fused-ring (bicyclic) bond motifs is 1. The third-order valence-electron chi connectivity index (χ3n) is 5.17. The van der Waals surface area contributed by atoms with Crippen LogP contribution in [0.5, 0.6) is 0 Å². The number of hydrogen-bond acceptors (Lipinski definition) is 5. The van der Waals surface area contributed by atoms with E-state index in [0.717, 1.165) is 28.3 Å². The Bertz CT molecular complexity index is 1120. The fourth-order valence-electron chi connectivity index (χ4n) is 3.91. The second kappa shape index (κ2) is 7.03. The second-order valence-corrected chi connectivity index (χ2v) is 8.69. The highest BCUT2D eigenvalue weighted by Crippen LogP contribution is 2.35. The number of rotatable bonds is 4. The monoisotopic (exact) mass is 393 g/mol. The molecule has 136 valence electrons. The Balaban J connectivity index is 1.48. The summed E-state index contributed by atoms with van der Waals surface area (Å²) < 4.78 is 0. The van der Waals surface area contributed by atoms with Crippen molar-refractivity contribution in [1.29, 1.82) is 0 Å². The molecule has 4 heterocycles. The highest BCUT2D eigenvalue weighted by molar-refractivity contribution is 7.17. The average Bonchev–Trinajstić information content (AvgIpc) is 3.42. The van der Waals surface area contributed by atoms with Gasteiger partial charge in [0.25, 0.3) is 5.56 Å². The number of nitrogens with one attached hydrogen (secondary N) is 1. The van der Waals surface area contributed by atoms with Crippen molar-refractivity contribution in [2.75, 3.05) is 6.54 Å². The van der Waals surface area contributed by atoms with E-state index in [9.17, 15) is 4.79 Å². The zero-order chi connectivity index (χ0) is 18.2. The van der Waals surface area contributed by atoms with E-state index in [1.165, 1.54) is 17.7 Å². The summed E-state index contributed by atoms with van der Waals surface area (Å²) in [5, 5.41) is 4.87. The molecule has 0 amide bonds. The summed E-state index contributed by atoms with van der Waals surface area (Å²) in [6, 6.07) is 14.8. The van der Waals surface area contributed by atoms with Crippen LogP contribution in [0.25, 0.3) is 21.3 Å². The Morgan fingerprint density at radius 3 is 2.85 bits per heavy atom.